The number of fused-ring (bicyclic) bond motifs is 1. The summed E-state index contributed by atoms with van der Waals surface area (Å²) in [6, 6.07) is 4.00. The summed E-state index contributed by atoms with van der Waals surface area (Å²) in [7, 11) is 1.63. The number of unbranched alkanes of at least 4 members (excludes halogenated alkanes) is 1. The Morgan fingerprint density at radius 3 is 2.74 bits per heavy atom. The van der Waals surface area contributed by atoms with E-state index in [1.807, 2.05) is 26.0 Å². The summed E-state index contributed by atoms with van der Waals surface area (Å²) in [4.78, 5) is 4.11. The topological polar surface area (TPSA) is 54.9 Å². The summed E-state index contributed by atoms with van der Waals surface area (Å²) in [6.07, 6.45) is -3.31. The first-order chi connectivity index (χ1) is 12.8. The van der Waals surface area contributed by atoms with Gasteiger partial charge in [0.1, 0.15) is 17.6 Å². The van der Waals surface area contributed by atoms with Gasteiger partial charge in [-0.05, 0) is 38.8 Å². The third-order valence-electron chi connectivity index (χ3n) is 4.23. The van der Waals surface area contributed by atoms with Gasteiger partial charge in [0.25, 0.3) is 0 Å². The molecule has 0 saturated carbocycles. The second-order valence-corrected chi connectivity index (χ2v) is 6.56. The maximum Gasteiger partial charge on any atom is 0.389 e. The molecule has 0 radical (unpaired) electrons. The van der Waals surface area contributed by atoms with E-state index in [9.17, 15) is 13.2 Å². The average Bonchev–Trinajstić information content (AvgIpc) is 2.95. The summed E-state index contributed by atoms with van der Waals surface area (Å²) in [5.74, 6) is 2.22. The molecule has 0 amide bonds. The Morgan fingerprint density at radius 2 is 2.07 bits per heavy atom. The molecule has 0 fully saturated rings. The largest absolute Gasteiger partial charge is 0.494 e. The summed E-state index contributed by atoms with van der Waals surface area (Å²) < 4.78 is 48.0. The molecule has 5 nitrogen and oxygen atoms in total. The van der Waals surface area contributed by atoms with Gasteiger partial charge < -0.3 is 20.1 Å². The highest BCUT2D eigenvalue weighted by Gasteiger charge is 2.25. The summed E-state index contributed by atoms with van der Waals surface area (Å²) in [5.41, 5.74) is 2.09. The molecule has 1 unspecified atom stereocenters. The van der Waals surface area contributed by atoms with Crippen molar-refractivity contribution in [1.29, 1.82) is 0 Å². The summed E-state index contributed by atoms with van der Waals surface area (Å²) in [5, 5.41) is 6.21. The third-order valence-corrected chi connectivity index (χ3v) is 4.23. The van der Waals surface area contributed by atoms with Crippen molar-refractivity contribution >= 4 is 5.96 Å². The van der Waals surface area contributed by atoms with E-state index in [-0.39, 0.29) is 12.5 Å². The Bertz CT molecular complexity index is 648. The third kappa shape index (κ3) is 6.84. The number of hydrogen-bond donors (Lipinski definition) is 2. The summed E-state index contributed by atoms with van der Waals surface area (Å²) >= 11 is 0. The average molecular weight is 387 g/mol. The van der Waals surface area contributed by atoms with Crippen LogP contribution in [0.15, 0.2) is 17.1 Å². The molecule has 1 heterocycles. The molecule has 1 atom stereocenters. The predicted octanol–water partition coefficient (Wildman–Crippen LogP) is 3.81. The van der Waals surface area contributed by atoms with Crippen LogP contribution < -0.4 is 20.1 Å². The van der Waals surface area contributed by atoms with Crippen LogP contribution in [-0.2, 0) is 13.0 Å². The van der Waals surface area contributed by atoms with Gasteiger partial charge in [0.05, 0.1) is 6.61 Å². The van der Waals surface area contributed by atoms with Gasteiger partial charge in [0.15, 0.2) is 5.96 Å². The first kappa shape index (κ1) is 21.2. The van der Waals surface area contributed by atoms with Crippen molar-refractivity contribution < 1.29 is 22.6 Å². The molecule has 1 aromatic carbocycles. The van der Waals surface area contributed by atoms with E-state index in [4.69, 9.17) is 9.47 Å². The molecule has 8 heteroatoms. The molecule has 152 valence electrons. The van der Waals surface area contributed by atoms with Gasteiger partial charge in [0.2, 0.25) is 0 Å². The molecule has 0 aromatic heterocycles. The zero-order chi connectivity index (χ0) is 19.9. The van der Waals surface area contributed by atoms with E-state index >= 15 is 0 Å². The van der Waals surface area contributed by atoms with Gasteiger partial charge in [-0.2, -0.15) is 13.2 Å². The van der Waals surface area contributed by atoms with Crippen LogP contribution >= 0.6 is 0 Å². The van der Waals surface area contributed by atoms with Crippen molar-refractivity contribution in [1.82, 2.24) is 10.6 Å². The second-order valence-electron chi connectivity index (χ2n) is 6.56. The highest BCUT2D eigenvalue weighted by Crippen LogP contribution is 2.35. The van der Waals surface area contributed by atoms with Crippen LogP contribution in [0.3, 0.4) is 0 Å². The number of hydrogen-bond acceptors (Lipinski definition) is 3. The fourth-order valence-corrected chi connectivity index (χ4v) is 2.97. The van der Waals surface area contributed by atoms with Gasteiger partial charge in [-0.15, -0.1) is 0 Å². The lowest BCUT2D eigenvalue weighted by molar-refractivity contribution is -0.135. The lowest BCUT2D eigenvalue weighted by Gasteiger charge is -2.16. The minimum absolute atomic E-state index is 0.0995. The minimum atomic E-state index is -4.09. The lowest BCUT2D eigenvalue weighted by Crippen LogP contribution is -2.37. The maximum absolute atomic E-state index is 12.2. The molecule has 0 saturated heterocycles. The van der Waals surface area contributed by atoms with Crippen molar-refractivity contribution in [2.45, 2.75) is 58.4 Å². The van der Waals surface area contributed by atoms with E-state index in [0.717, 1.165) is 29.0 Å². The van der Waals surface area contributed by atoms with Crippen LogP contribution in [0.2, 0.25) is 0 Å². The number of ether oxygens (including phenoxy) is 2. The molecule has 0 aliphatic carbocycles. The number of guanidine groups is 1. The van der Waals surface area contributed by atoms with E-state index in [2.05, 4.69) is 15.6 Å². The van der Waals surface area contributed by atoms with Crippen LogP contribution in [0.25, 0.3) is 0 Å². The number of halogens is 3. The van der Waals surface area contributed by atoms with Gasteiger partial charge >= 0.3 is 6.18 Å². The normalized spacial score (nSPS) is 16.7. The number of alkyl halides is 3. The fraction of sp³-hybridized carbons (Fsp3) is 0.632. The smallest absolute Gasteiger partial charge is 0.389 e. The fourth-order valence-electron chi connectivity index (χ4n) is 2.97. The van der Waals surface area contributed by atoms with Crippen molar-refractivity contribution in [3.05, 3.63) is 23.3 Å². The Morgan fingerprint density at radius 1 is 1.30 bits per heavy atom. The Labute approximate surface area is 158 Å². The molecule has 0 spiro atoms. The SMILES string of the molecule is CCOc1cc2c(cc1CNC(=NC)NCCCCC(F)(F)F)OC(C)C2. The number of benzene rings is 1. The molecule has 1 aromatic rings. The maximum atomic E-state index is 12.2. The quantitative estimate of drug-likeness (QED) is 0.405. The highest BCUT2D eigenvalue weighted by atomic mass is 19.4. The van der Waals surface area contributed by atoms with Crippen molar-refractivity contribution in [2.75, 3.05) is 20.2 Å². The zero-order valence-electron chi connectivity index (χ0n) is 16.1. The number of nitrogens with zero attached hydrogens (tertiary/aromatic N) is 1. The van der Waals surface area contributed by atoms with E-state index < -0.39 is 12.6 Å². The molecular formula is C19H28F3N3O2. The molecule has 1 aliphatic rings. The lowest BCUT2D eigenvalue weighted by atomic mass is 10.1. The van der Waals surface area contributed by atoms with Crippen LogP contribution in [0.5, 0.6) is 11.5 Å². The van der Waals surface area contributed by atoms with Crippen LogP contribution in [0.1, 0.15) is 44.2 Å². The Kier molecular flexibility index (Phi) is 7.62. The molecule has 2 rings (SSSR count). The molecule has 1 aliphatic heterocycles. The van der Waals surface area contributed by atoms with Crippen LogP contribution in [0, 0.1) is 0 Å². The van der Waals surface area contributed by atoms with Crippen molar-refractivity contribution in [2.24, 2.45) is 4.99 Å². The van der Waals surface area contributed by atoms with Gasteiger partial charge in [0, 0.05) is 44.1 Å². The number of nitrogens with one attached hydrogen (secondary N) is 2. The Balaban J connectivity index is 1.87. The molecule has 2 N–H and O–H groups in total. The first-order valence-electron chi connectivity index (χ1n) is 9.29. The van der Waals surface area contributed by atoms with E-state index in [1.165, 1.54) is 0 Å². The number of aliphatic imine (C=N–C) groups is 1. The van der Waals surface area contributed by atoms with E-state index in [0.29, 0.717) is 32.1 Å². The highest BCUT2D eigenvalue weighted by molar-refractivity contribution is 5.79. The zero-order valence-corrected chi connectivity index (χ0v) is 16.1. The second kappa shape index (κ2) is 9.71. The standard InChI is InChI=1S/C19H28F3N3O2/c1-4-26-16-10-14-9-13(2)27-17(14)11-15(16)12-25-18(23-3)24-8-6-5-7-19(20,21)22/h10-11,13H,4-9,12H2,1-3H3,(H2,23,24,25). The monoisotopic (exact) mass is 387 g/mol. The van der Waals surface area contributed by atoms with Crippen LogP contribution in [0.4, 0.5) is 13.2 Å². The Hall–Kier alpha value is -2.12. The van der Waals surface area contributed by atoms with Gasteiger partial charge in [-0.3, -0.25) is 4.99 Å². The predicted molar refractivity (Wildman–Crippen MR) is 99.5 cm³/mol. The minimum Gasteiger partial charge on any atom is -0.494 e. The van der Waals surface area contributed by atoms with E-state index in [1.54, 1.807) is 7.05 Å². The van der Waals surface area contributed by atoms with Gasteiger partial charge in [-0.25, -0.2) is 0 Å². The first-order valence-corrected chi connectivity index (χ1v) is 9.29. The molecule has 0 bridgehead atoms. The van der Waals surface area contributed by atoms with Gasteiger partial charge in [-0.1, -0.05) is 0 Å². The van der Waals surface area contributed by atoms with Crippen molar-refractivity contribution in [3.8, 4) is 11.5 Å². The summed E-state index contributed by atoms with van der Waals surface area (Å²) in [6.45, 7) is 5.43. The number of rotatable bonds is 8. The molecular weight excluding hydrogens is 359 g/mol. The van der Waals surface area contributed by atoms with Crippen LogP contribution in [-0.4, -0.2) is 38.4 Å². The van der Waals surface area contributed by atoms with Crippen molar-refractivity contribution in [3.63, 3.8) is 0 Å². The molecule has 27 heavy (non-hydrogen) atoms.